The number of aryl methyl sites for hydroxylation is 1. The van der Waals surface area contributed by atoms with Crippen molar-refractivity contribution in [2.24, 2.45) is 7.05 Å². The maximum Gasteiger partial charge on any atom is 0.300 e. The van der Waals surface area contributed by atoms with Crippen molar-refractivity contribution in [1.82, 2.24) is 9.78 Å². The van der Waals surface area contributed by atoms with Gasteiger partial charge in [0.25, 0.3) is 0 Å². The van der Waals surface area contributed by atoms with Crippen LogP contribution in [0, 0.1) is 0 Å². The molecule has 0 N–H and O–H groups in total. The third-order valence-corrected chi connectivity index (χ3v) is 2.93. The van der Waals surface area contributed by atoms with Gasteiger partial charge in [-0.3, -0.25) is 9.48 Å². The first-order chi connectivity index (χ1) is 8.09. The molecule has 0 radical (unpaired) electrons. The first-order valence-corrected chi connectivity index (χ1v) is 5.53. The van der Waals surface area contributed by atoms with Gasteiger partial charge in [0.1, 0.15) is 0 Å². The van der Waals surface area contributed by atoms with Crippen LogP contribution in [0.5, 0.6) is 0 Å². The largest absolute Gasteiger partial charge is 0.381 e. The second-order valence-corrected chi connectivity index (χ2v) is 4.15. The average Bonchev–Trinajstić information content (AvgIpc) is 2.71. The first-order valence-electron chi connectivity index (χ1n) is 5.53. The van der Waals surface area contributed by atoms with Crippen molar-refractivity contribution in [3.8, 4) is 0 Å². The molecule has 2 rings (SSSR count). The van der Waals surface area contributed by atoms with E-state index in [0.29, 0.717) is 18.9 Å². The molecule has 0 saturated carbocycles. The number of aromatic nitrogens is 2. The van der Waals surface area contributed by atoms with E-state index >= 15 is 0 Å². The molecule has 0 aromatic carbocycles. The molecule has 6 heteroatoms. The zero-order valence-corrected chi connectivity index (χ0v) is 9.53. The number of ketones is 1. The Hall–Kier alpha value is -1.30. The summed E-state index contributed by atoms with van der Waals surface area (Å²) in [5.41, 5.74) is 0.538. The smallest absolute Gasteiger partial charge is 0.300 e. The van der Waals surface area contributed by atoms with E-state index < -0.39 is 12.2 Å². The quantitative estimate of drug-likeness (QED) is 0.761. The molecule has 0 unspecified atom stereocenters. The van der Waals surface area contributed by atoms with Crippen molar-refractivity contribution in [3.05, 3.63) is 17.5 Å². The molecule has 1 saturated heterocycles. The highest BCUT2D eigenvalue weighted by Crippen LogP contribution is 2.29. The van der Waals surface area contributed by atoms with Gasteiger partial charge >= 0.3 is 6.43 Å². The molecular formula is C11H14F2N2O2. The van der Waals surface area contributed by atoms with Gasteiger partial charge in [0.05, 0.1) is 11.3 Å². The molecule has 1 aliphatic heterocycles. The third-order valence-electron chi connectivity index (χ3n) is 2.93. The maximum atomic E-state index is 12.5. The minimum Gasteiger partial charge on any atom is -0.381 e. The number of halogens is 2. The summed E-state index contributed by atoms with van der Waals surface area (Å²) in [6.45, 7) is 1.17. The summed E-state index contributed by atoms with van der Waals surface area (Å²) in [5.74, 6) is -1.10. The lowest BCUT2D eigenvalue weighted by Crippen LogP contribution is -2.18. The lowest BCUT2D eigenvalue weighted by Gasteiger charge is -2.21. The third kappa shape index (κ3) is 2.52. The number of carbonyl (C=O) groups excluding carboxylic acids is 1. The monoisotopic (exact) mass is 244 g/mol. The number of ether oxygens (including phenoxy) is 1. The molecular weight excluding hydrogens is 230 g/mol. The summed E-state index contributed by atoms with van der Waals surface area (Å²) in [4.78, 5) is 11.4. The van der Waals surface area contributed by atoms with Crippen molar-refractivity contribution < 1.29 is 18.3 Å². The van der Waals surface area contributed by atoms with Gasteiger partial charge < -0.3 is 4.74 Å². The Morgan fingerprint density at radius 3 is 2.76 bits per heavy atom. The van der Waals surface area contributed by atoms with Crippen LogP contribution in [0.1, 0.15) is 34.8 Å². The van der Waals surface area contributed by atoms with Gasteiger partial charge in [0.15, 0.2) is 0 Å². The summed E-state index contributed by atoms with van der Waals surface area (Å²) in [5, 5.41) is 4.14. The van der Waals surface area contributed by atoms with Crippen LogP contribution in [0.3, 0.4) is 0 Å². The van der Waals surface area contributed by atoms with Crippen LogP contribution in [0.2, 0.25) is 0 Å². The van der Waals surface area contributed by atoms with Crippen LogP contribution in [0.15, 0.2) is 6.20 Å². The summed E-state index contributed by atoms with van der Waals surface area (Å²) in [6, 6.07) is 0. The Balaban J connectivity index is 2.29. The molecule has 0 spiro atoms. The zero-order valence-electron chi connectivity index (χ0n) is 9.53. The van der Waals surface area contributed by atoms with Crippen LogP contribution < -0.4 is 0 Å². The van der Waals surface area contributed by atoms with Crippen molar-refractivity contribution in [2.45, 2.75) is 25.2 Å². The lowest BCUT2D eigenvalue weighted by atomic mass is 9.93. The van der Waals surface area contributed by atoms with Gasteiger partial charge in [0, 0.05) is 32.4 Å². The highest BCUT2D eigenvalue weighted by molar-refractivity contribution is 5.99. The topological polar surface area (TPSA) is 44.1 Å². The van der Waals surface area contributed by atoms with Gasteiger partial charge in [-0.25, -0.2) is 8.78 Å². The molecule has 2 heterocycles. The van der Waals surface area contributed by atoms with Gasteiger partial charge in [-0.15, -0.1) is 0 Å². The number of alkyl halides is 2. The lowest BCUT2D eigenvalue weighted by molar-refractivity contribution is 0.0669. The van der Waals surface area contributed by atoms with E-state index in [1.54, 1.807) is 7.05 Å². The van der Waals surface area contributed by atoms with Crippen LogP contribution in [0.4, 0.5) is 8.78 Å². The predicted molar refractivity (Wildman–Crippen MR) is 56.3 cm³/mol. The number of hydrogen-bond acceptors (Lipinski definition) is 3. The van der Waals surface area contributed by atoms with Gasteiger partial charge in [0.2, 0.25) is 5.78 Å². The fourth-order valence-electron chi connectivity index (χ4n) is 2.09. The second-order valence-electron chi connectivity index (χ2n) is 4.15. The molecule has 1 aromatic heterocycles. The maximum absolute atomic E-state index is 12.5. The standard InChI is InChI=1S/C11H14F2N2O2/c1-15-6-8(10(16)11(12)13)9(14-15)7-2-4-17-5-3-7/h6-7,11H,2-5H2,1H3. The van der Waals surface area contributed by atoms with Crippen molar-refractivity contribution >= 4 is 5.78 Å². The predicted octanol–water partition coefficient (Wildman–Crippen LogP) is 1.76. The van der Waals surface area contributed by atoms with Gasteiger partial charge in [-0.2, -0.15) is 5.10 Å². The fourth-order valence-corrected chi connectivity index (χ4v) is 2.09. The molecule has 4 nitrogen and oxygen atoms in total. The normalized spacial score (nSPS) is 17.6. The first kappa shape index (κ1) is 12.2. The number of Topliss-reactive ketones (excluding diaryl/α,β-unsaturated/α-hetero) is 1. The average molecular weight is 244 g/mol. The Labute approximate surface area is 97.6 Å². The van der Waals surface area contributed by atoms with E-state index in [9.17, 15) is 13.6 Å². The summed E-state index contributed by atoms with van der Waals surface area (Å²) in [6.07, 6.45) is -0.154. The minimum absolute atomic E-state index is 0.0441. The summed E-state index contributed by atoms with van der Waals surface area (Å²) >= 11 is 0. The van der Waals surface area contributed by atoms with Crippen LogP contribution >= 0.6 is 0 Å². The summed E-state index contributed by atoms with van der Waals surface area (Å²) in [7, 11) is 1.63. The van der Waals surface area contributed by atoms with E-state index in [1.807, 2.05) is 0 Å². The van der Waals surface area contributed by atoms with Crippen molar-refractivity contribution in [2.75, 3.05) is 13.2 Å². The number of rotatable bonds is 3. The Kier molecular flexibility index (Phi) is 3.51. The van der Waals surface area contributed by atoms with Gasteiger partial charge in [-0.05, 0) is 12.8 Å². The fraction of sp³-hybridized carbons (Fsp3) is 0.636. The molecule has 1 aromatic rings. The molecule has 94 valence electrons. The Morgan fingerprint density at radius 2 is 2.18 bits per heavy atom. The number of hydrogen-bond donors (Lipinski definition) is 0. The zero-order chi connectivity index (χ0) is 12.4. The Bertz CT molecular complexity index is 412. The SMILES string of the molecule is Cn1cc(C(=O)C(F)F)c(C2CCOCC2)n1. The summed E-state index contributed by atoms with van der Waals surface area (Å²) < 4.78 is 31.5. The molecule has 17 heavy (non-hydrogen) atoms. The molecule has 0 atom stereocenters. The molecule has 0 bridgehead atoms. The highest BCUT2D eigenvalue weighted by atomic mass is 19.3. The van der Waals surface area contributed by atoms with Crippen molar-refractivity contribution in [1.29, 1.82) is 0 Å². The van der Waals surface area contributed by atoms with E-state index in [2.05, 4.69) is 5.10 Å². The van der Waals surface area contributed by atoms with Crippen LogP contribution in [0.25, 0.3) is 0 Å². The van der Waals surface area contributed by atoms with E-state index in [-0.39, 0.29) is 11.5 Å². The highest BCUT2D eigenvalue weighted by Gasteiger charge is 2.28. The van der Waals surface area contributed by atoms with E-state index in [0.717, 1.165) is 12.8 Å². The molecule has 0 amide bonds. The van der Waals surface area contributed by atoms with Crippen molar-refractivity contribution in [3.63, 3.8) is 0 Å². The number of carbonyl (C=O) groups is 1. The Morgan fingerprint density at radius 1 is 1.53 bits per heavy atom. The molecule has 1 fully saturated rings. The van der Waals surface area contributed by atoms with Crippen LogP contribution in [-0.4, -0.2) is 35.2 Å². The molecule has 1 aliphatic rings. The van der Waals surface area contributed by atoms with E-state index in [1.165, 1.54) is 10.9 Å². The second kappa shape index (κ2) is 4.91. The van der Waals surface area contributed by atoms with Crippen LogP contribution in [-0.2, 0) is 11.8 Å². The van der Waals surface area contributed by atoms with E-state index in [4.69, 9.17) is 4.74 Å². The minimum atomic E-state index is -2.97. The number of nitrogens with zero attached hydrogens (tertiary/aromatic N) is 2. The van der Waals surface area contributed by atoms with Gasteiger partial charge in [-0.1, -0.05) is 0 Å². The molecule has 0 aliphatic carbocycles.